The van der Waals surface area contributed by atoms with E-state index in [0.29, 0.717) is 41.6 Å². The van der Waals surface area contributed by atoms with Crippen molar-refractivity contribution in [2.24, 2.45) is 5.10 Å². The van der Waals surface area contributed by atoms with E-state index in [1.165, 1.54) is 6.07 Å². The summed E-state index contributed by atoms with van der Waals surface area (Å²) in [5, 5.41) is 38.4. The first-order valence-corrected chi connectivity index (χ1v) is 11.4. The fraction of sp³-hybridized carbons (Fsp3) is 0.208. The molecule has 38 heavy (non-hydrogen) atoms. The van der Waals surface area contributed by atoms with Crippen molar-refractivity contribution in [1.82, 2.24) is 5.32 Å². The molecule has 0 atom stereocenters. The van der Waals surface area contributed by atoms with Crippen LogP contribution in [0.2, 0.25) is 0 Å². The van der Waals surface area contributed by atoms with Crippen molar-refractivity contribution < 1.29 is 33.8 Å². The number of aliphatic hydroxyl groups excluding tert-OH is 1. The number of carbonyl (C=O) groups is 1. The number of amides is 1. The van der Waals surface area contributed by atoms with Gasteiger partial charge in [0, 0.05) is 30.3 Å². The standard InChI is InChI=1S/C24H22N6O8/c31-10-7-25-24(32)16-5-8-28(9-6-16)15-20(17-1-4-22-23(13-17)38-12-11-37-22)27-26-19-3-2-18(29(33)34)14-21(19)30(35)36/h1-6,8-9,13-14,26,31H,7,10-12,15H2/p+1/b27-20+. The summed E-state index contributed by atoms with van der Waals surface area (Å²) in [5.74, 6) is 0.756. The molecule has 1 aromatic heterocycles. The number of nitrogens with zero attached hydrogens (tertiary/aromatic N) is 4. The molecule has 0 spiro atoms. The highest BCUT2D eigenvalue weighted by atomic mass is 16.6. The minimum absolute atomic E-state index is 0.0310. The summed E-state index contributed by atoms with van der Waals surface area (Å²) in [6, 6.07) is 11.6. The molecule has 14 nitrogen and oxygen atoms in total. The Morgan fingerprint density at radius 2 is 1.71 bits per heavy atom. The molecule has 1 amide bonds. The van der Waals surface area contributed by atoms with Gasteiger partial charge in [-0.25, -0.2) is 0 Å². The van der Waals surface area contributed by atoms with Gasteiger partial charge in [0.2, 0.25) is 0 Å². The minimum atomic E-state index is -0.732. The maximum absolute atomic E-state index is 12.1. The zero-order valence-electron chi connectivity index (χ0n) is 19.9. The Hall–Kier alpha value is -5.11. The number of benzene rings is 2. The van der Waals surface area contributed by atoms with Crippen LogP contribution in [0.3, 0.4) is 0 Å². The highest BCUT2D eigenvalue weighted by Crippen LogP contribution is 2.32. The van der Waals surface area contributed by atoms with Gasteiger partial charge >= 0.3 is 5.69 Å². The number of aliphatic hydroxyl groups is 1. The molecule has 0 fully saturated rings. The highest BCUT2D eigenvalue weighted by Gasteiger charge is 2.21. The number of pyridine rings is 1. The molecule has 0 bridgehead atoms. The molecule has 14 heteroatoms. The quantitative estimate of drug-likeness (QED) is 0.154. The van der Waals surface area contributed by atoms with Crippen molar-refractivity contribution in [2.75, 3.05) is 31.8 Å². The molecule has 2 heterocycles. The molecule has 3 aromatic rings. The molecule has 1 aliphatic rings. The minimum Gasteiger partial charge on any atom is -0.486 e. The Kier molecular flexibility index (Phi) is 8.03. The number of hydrogen-bond acceptors (Lipinski definition) is 10. The van der Waals surface area contributed by atoms with Crippen molar-refractivity contribution in [3.63, 3.8) is 0 Å². The normalized spacial score (nSPS) is 12.5. The van der Waals surface area contributed by atoms with Crippen LogP contribution in [0.4, 0.5) is 17.1 Å². The number of hydrazone groups is 1. The van der Waals surface area contributed by atoms with Crippen LogP contribution in [0.5, 0.6) is 11.5 Å². The van der Waals surface area contributed by atoms with Gasteiger partial charge in [0.1, 0.15) is 24.6 Å². The van der Waals surface area contributed by atoms with Crippen LogP contribution in [-0.2, 0) is 6.54 Å². The topological polar surface area (TPSA) is 182 Å². The lowest BCUT2D eigenvalue weighted by Gasteiger charge is -2.19. The van der Waals surface area contributed by atoms with Crippen LogP contribution in [0.1, 0.15) is 15.9 Å². The molecule has 2 aromatic carbocycles. The van der Waals surface area contributed by atoms with Gasteiger partial charge in [-0.1, -0.05) is 0 Å². The molecule has 0 unspecified atom stereocenters. The molecular formula is C24H23N6O8+. The summed E-state index contributed by atoms with van der Waals surface area (Å²) in [5.41, 5.74) is 3.17. The van der Waals surface area contributed by atoms with Crippen LogP contribution >= 0.6 is 0 Å². The fourth-order valence-electron chi connectivity index (χ4n) is 3.58. The summed E-state index contributed by atoms with van der Waals surface area (Å²) < 4.78 is 13.0. The maximum Gasteiger partial charge on any atom is 0.301 e. The zero-order valence-corrected chi connectivity index (χ0v) is 19.9. The third kappa shape index (κ3) is 6.17. The van der Waals surface area contributed by atoms with Crippen molar-refractivity contribution in [2.45, 2.75) is 6.54 Å². The van der Waals surface area contributed by atoms with Crippen molar-refractivity contribution in [1.29, 1.82) is 0 Å². The maximum atomic E-state index is 12.1. The van der Waals surface area contributed by atoms with E-state index in [1.54, 1.807) is 47.3 Å². The number of nitro groups is 2. The average molecular weight is 523 g/mol. The molecule has 196 valence electrons. The van der Waals surface area contributed by atoms with E-state index in [1.807, 2.05) is 0 Å². The Bertz CT molecular complexity index is 1390. The summed E-state index contributed by atoms with van der Waals surface area (Å²) in [6.07, 6.45) is 3.32. The predicted molar refractivity (Wildman–Crippen MR) is 133 cm³/mol. The zero-order chi connectivity index (χ0) is 27.1. The third-order valence-corrected chi connectivity index (χ3v) is 5.46. The molecule has 0 saturated heterocycles. The molecule has 4 rings (SSSR count). The van der Waals surface area contributed by atoms with E-state index in [-0.39, 0.29) is 31.3 Å². The lowest BCUT2D eigenvalue weighted by atomic mass is 10.1. The summed E-state index contributed by atoms with van der Waals surface area (Å²) in [4.78, 5) is 33.2. The summed E-state index contributed by atoms with van der Waals surface area (Å²) in [6.45, 7) is 0.951. The summed E-state index contributed by atoms with van der Waals surface area (Å²) >= 11 is 0. The number of hydrogen-bond donors (Lipinski definition) is 3. The number of aromatic nitrogens is 1. The number of fused-ring (bicyclic) bond motifs is 1. The molecule has 0 radical (unpaired) electrons. The van der Waals surface area contributed by atoms with Crippen LogP contribution in [0.15, 0.2) is 66.0 Å². The first-order valence-electron chi connectivity index (χ1n) is 11.4. The first-order chi connectivity index (χ1) is 18.4. The van der Waals surface area contributed by atoms with Gasteiger partial charge in [0.05, 0.1) is 28.1 Å². The van der Waals surface area contributed by atoms with Gasteiger partial charge in [-0.3, -0.25) is 30.4 Å². The Balaban J connectivity index is 1.66. The third-order valence-electron chi connectivity index (χ3n) is 5.46. The Morgan fingerprint density at radius 3 is 2.39 bits per heavy atom. The second kappa shape index (κ2) is 11.7. The van der Waals surface area contributed by atoms with Crippen LogP contribution in [0.25, 0.3) is 0 Å². The number of nitrogens with one attached hydrogen (secondary N) is 2. The van der Waals surface area contributed by atoms with E-state index in [9.17, 15) is 25.0 Å². The summed E-state index contributed by atoms with van der Waals surface area (Å²) in [7, 11) is 0. The van der Waals surface area contributed by atoms with Crippen molar-refractivity contribution >= 4 is 28.7 Å². The number of ether oxygens (including phenoxy) is 2. The number of nitro benzene ring substituents is 2. The van der Waals surface area contributed by atoms with Crippen molar-refractivity contribution in [3.05, 3.63) is 92.3 Å². The van der Waals surface area contributed by atoms with Gasteiger partial charge in [-0.2, -0.15) is 9.67 Å². The number of carbonyl (C=O) groups excluding carboxylic acids is 1. The molecule has 0 aliphatic carbocycles. The van der Waals surface area contributed by atoms with E-state index in [0.717, 1.165) is 12.1 Å². The van der Waals surface area contributed by atoms with Crippen LogP contribution < -0.4 is 24.8 Å². The lowest BCUT2D eigenvalue weighted by molar-refractivity contribution is -0.681. The van der Waals surface area contributed by atoms with E-state index in [4.69, 9.17) is 14.6 Å². The molecule has 3 N–H and O–H groups in total. The van der Waals surface area contributed by atoms with E-state index in [2.05, 4.69) is 15.8 Å². The first kappa shape index (κ1) is 26.0. The second-order valence-electron chi connectivity index (χ2n) is 7.98. The monoisotopic (exact) mass is 523 g/mol. The van der Waals surface area contributed by atoms with E-state index < -0.39 is 21.2 Å². The Labute approximate surface area is 215 Å². The van der Waals surface area contributed by atoms with Crippen LogP contribution in [-0.4, -0.2) is 52.9 Å². The van der Waals surface area contributed by atoms with Gasteiger partial charge < -0.3 is 19.9 Å². The number of anilines is 1. The fourth-order valence-corrected chi connectivity index (χ4v) is 3.58. The second-order valence-corrected chi connectivity index (χ2v) is 7.98. The predicted octanol–water partition coefficient (Wildman–Crippen LogP) is 1.80. The van der Waals surface area contributed by atoms with Gasteiger partial charge in [0.15, 0.2) is 30.4 Å². The number of rotatable bonds is 10. The van der Waals surface area contributed by atoms with Gasteiger partial charge in [-0.05, 0) is 24.3 Å². The van der Waals surface area contributed by atoms with Crippen LogP contribution in [0, 0.1) is 20.2 Å². The highest BCUT2D eigenvalue weighted by molar-refractivity contribution is 6.00. The average Bonchev–Trinajstić information content (AvgIpc) is 2.93. The SMILES string of the molecule is O=C(NCCO)c1cc[n+](C/C(=N\Nc2ccc([N+](=O)[O-])cc2[N+](=O)[O-])c2ccc3c(c2)OCCO3)cc1. The molecule has 1 aliphatic heterocycles. The van der Waals surface area contributed by atoms with E-state index >= 15 is 0 Å². The molecular weight excluding hydrogens is 500 g/mol. The smallest absolute Gasteiger partial charge is 0.301 e. The lowest BCUT2D eigenvalue weighted by Crippen LogP contribution is -2.38. The van der Waals surface area contributed by atoms with Gasteiger partial charge in [-0.15, -0.1) is 0 Å². The largest absolute Gasteiger partial charge is 0.486 e. The van der Waals surface area contributed by atoms with Crippen molar-refractivity contribution in [3.8, 4) is 11.5 Å². The Morgan fingerprint density at radius 1 is 0.974 bits per heavy atom. The molecule has 0 saturated carbocycles. The van der Waals surface area contributed by atoms with Gasteiger partial charge in [0.25, 0.3) is 11.6 Å². The number of non-ortho nitro benzene ring substituents is 1.